The maximum atomic E-state index is 8.69. The van der Waals surface area contributed by atoms with Gasteiger partial charge in [0.2, 0.25) is 0 Å². The van der Waals surface area contributed by atoms with E-state index < -0.39 is 0 Å². The Bertz CT molecular complexity index is 159. The molecule has 56 valence electrons. The molecule has 2 nitrogen and oxygen atoms in total. The second-order valence-corrected chi connectivity index (χ2v) is 3.06. The third kappa shape index (κ3) is 1.03. The van der Waals surface area contributed by atoms with Gasteiger partial charge in [-0.3, -0.25) is 0 Å². The number of ether oxygens (including phenoxy) is 1. The van der Waals surface area contributed by atoms with E-state index in [2.05, 4.69) is 0 Å². The van der Waals surface area contributed by atoms with Crippen LogP contribution in [-0.2, 0) is 4.74 Å². The summed E-state index contributed by atoms with van der Waals surface area (Å²) in [6.07, 6.45) is 6.06. The third-order valence-corrected chi connectivity index (χ3v) is 2.18. The van der Waals surface area contributed by atoms with Crippen LogP contribution in [0.5, 0.6) is 0 Å². The van der Waals surface area contributed by atoms with E-state index in [1.54, 1.807) is 0 Å². The Morgan fingerprint density at radius 2 is 2.40 bits per heavy atom. The number of hydrogen-bond donors (Lipinski definition) is 1. The Labute approximate surface area is 60.5 Å². The summed E-state index contributed by atoms with van der Waals surface area (Å²) in [7, 11) is 0. The number of rotatable bonds is 2. The van der Waals surface area contributed by atoms with Crippen LogP contribution in [0.15, 0.2) is 11.8 Å². The van der Waals surface area contributed by atoms with Gasteiger partial charge in [0.25, 0.3) is 0 Å². The molecule has 1 aliphatic heterocycles. The molecule has 2 rings (SSSR count). The normalized spacial score (nSPS) is 31.7. The smallest absolute Gasteiger partial charge is 0.118 e. The van der Waals surface area contributed by atoms with E-state index in [1.807, 2.05) is 6.08 Å². The van der Waals surface area contributed by atoms with E-state index in [4.69, 9.17) is 9.84 Å². The van der Waals surface area contributed by atoms with Crippen LogP contribution >= 0.6 is 0 Å². The highest BCUT2D eigenvalue weighted by atomic mass is 16.5. The van der Waals surface area contributed by atoms with Crippen molar-refractivity contribution in [1.29, 1.82) is 0 Å². The van der Waals surface area contributed by atoms with Gasteiger partial charge in [-0.05, 0) is 24.8 Å². The molecule has 0 aromatic heterocycles. The molecule has 1 saturated carbocycles. The largest absolute Gasteiger partial charge is 0.492 e. The highest BCUT2D eigenvalue weighted by Gasteiger charge is 2.34. The predicted molar refractivity (Wildman–Crippen MR) is 37.4 cm³/mol. The second-order valence-electron chi connectivity index (χ2n) is 3.06. The van der Waals surface area contributed by atoms with Crippen LogP contribution < -0.4 is 0 Å². The summed E-state index contributed by atoms with van der Waals surface area (Å²) in [5, 5.41) is 8.69. The summed E-state index contributed by atoms with van der Waals surface area (Å²) >= 11 is 0. The zero-order chi connectivity index (χ0) is 6.97. The van der Waals surface area contributed by atoms with Gasteiger partial charge in [0.1, 0.15) is 18.5 Å². The zero-order valence-corrected chi connectivity index (χ0v) is 5.92. The van der Waals surface area contributed by atoms with Gasteiger partial charge in [-0.15, -0.1) is 0 Å². The Morgan fingerprint density at radius 1 is 1.60 bits per heavy atom. The molecule has 1 fully saturated rings. The average Bonchev–Trinajstić information content (AvgIpc) is 2.70. The SMILES string of the molecule is OCC1=CCC(C2CC2)O1. The van der Waals surface area contributed by atoms with Crippen LogP contribution in [0, 0.1) is 5.92 Å². The van der Waals surface area contributed by atoms with Crippen LogP contribution in [0.4, 0.5) is 0 Å². The van der Waals surface area contributed by atoms with Crippen molar-refractivity contribution in [3.05, 3.63) is 11.8 Å². The summed E-state index contributed by atoms with van der Waals surface area (Å²) in [5.41, 5.74) is 0. The van der Waals surface area contributed by atoms with Crippen molar-refractivity contribution in [2.75, 3.05) is 6.61 Å². The van der Waals surface area contributed by atoms with Gasteiger partial charge in [0.05, 0.1) is 0 Å². The maximum Gasteiger partial charge on any atom is 0.118 e. The van der Waals surface area contributed by atoms with E-state index in [0.29, 0.717) is 6.10 Å². The molecule has 0 radical (unpaired) electrons. The predicted octanol–water partition coefficient (Wildman–Crippen LogP) is 1.06. The van der Waals surface area contributed by atoms with Crippen LogP contribution in [0.25, 0.3) is 0 Å². The van der Waals surface area contributed by atoms with Crippen molar-refractivity contribution in [2.24, 2.45) is 5.92 Å². The molecule has 0 spiro atoms. The maximum absolute atomic E-state index is 8.69. The highest BCUT2D eigenvalue weighted by molar-refractivity contribution is 5.04. The molecule has 1 unspecified atom stereocenters. The molecule has 1 heterocycles. The van der Waals surface area contributed by atoms with Gasteiger partial charge in [0.15, 0.2) is 0 Å². The van der Waals surface area contributed by atoms with E-state index in [-0.39, 0.29) is 6.61 Å². The van der Waals surface area contributed by atoms with Gasteiger partial charge in [0, 0.05) is 6.42 Å². The summed E-state index contributed by atoms with van der Waals surface area (Å²) in [6.45, 7) is 0.0726. The van der Waals surface area contributed by atoms with Crippen molar-refractivity contribution >= 4 is 0 Å². The summed E-state index contributed by atoms with van der Waals surface area (Å²) in [4.78, 5) is 0. The molecule has 10 heavy (non-hydrogen) atoms. The molecule has 2 heteroatoms. The van der Waals surface area contributed by atoms with Gasteiger partial charge in [-0.25, -0.2) is 0 Å². The first-order valence-electron chi connectivity index (χ1n) is 3.86. The van der Waals surface area contributed by atoms with Crippen LogP contribution in [-0.4, -0.2) is 17.8 Å². The quantitative estimate of drug-likeness (QED) is 0.621. The van der Waals surface area contributed by atoms with E-state index in [0.717, 1.165) is 18.1 Å². The summed E-state index contributed by atoms with van der Waals surface area (Å²) in [5.74, 6) is 1.57. The molecule has 0 aromatic carbocycles. The Balaban J connectivity index is 1.86. The van der Waals surface area contributed by atoms with Crippen LogP contribution in [0.2, 0.25) is 0 Å². The number of hydrogen-bond acceptors (Lipinski definition) is 2. The monoisotopic (exact) mass is 140 g/mol. The fourth-order valence-corrected chi connectivity index (χ4v) is 1.40. The van der Waals surface area contributed by atoms with E-state index in [1.165, 1.54) is 12.8 Å². The van der Waals surface area contributed by atoms with Crippen molar-refractivity contribution in [3.63, 3.8) is 0 Å². The minimum Gasteiger partial charge on any atom is -0.492 e. The lowest BCUT2D eigenvalue weighted by molar-refractivity contribution is 0.0982. The van der Waals surface area contributed by atoms with Gasteiger partial charge in [-0.2, -0.15) is 0 Å². The van der Waals surface area contributed by atoms with Crippen molar-refractivity contribution in [1.82, 2.24) is 0 Å². The second kappa shape index (κ2) is 2.27. The molecule has 1 N–H and O–H groups in total. The Morgan fingerprint density at radius 3 is 2.90 bits per heavy atom. The molecule has 0 bridgehead atoms. The molecular weight excluding hydrogens is 128 g/mol. The highest BCUT2D eigenvalue weighted by Crippen LogP contribution is 2.39. The lowest BCUT2D eigenvalue weighted by Gasteiger charge is -2.09. The van der Waals surface area contributed by atoms with E-state index >= 15 is 0 Å². The molecule has 0 amide bonds. The topological polar surface area (TPSA) is 29.5 Å². The first-order valence-corrected chi connectivity index (χ1v) is 3.86. The summed E-state index contributed by atoms with van der Waals surface area (Å²) < 4.78 is 5.45. The molecule has 0 aromatic rings. The van der Waals surface area contributed by atoms with Gasteiger partial charge >= 0.3 is 0 Å². The van der Waals surface area contributed by atoms with E-state index in [9.17, 15) is 0 Å². The van der Waals surface area contributed by atoms with Crippen LogP contribution in [0.1, 0.15) is 19.3 Å². The van der Waals surface area contributed by atoms with Crippen molar-refractivity contribution in [3.8, 4) is 0 Å². The first kappa shape index (κ1) is 6.23. The fraction of sp³-hybridized carbons (Fsp3) is 0.750. The minimum absolute atomic E-state index is 0.0726. The molecular formula is C8H12O2. The molecule has 1 aliphatic carbocycles. The van der Waals surface area contributed by atoms with Crippen LogP contribution in [0.3, 0.4) is 0 Å². The molecule has 2 aliphatic rings. The first-order chi connectivity index (χ1) is 4.90. The van der Waals surface area contributed by atoms with Gasteiger partial charge < -0.3 is 9.84 Å². The Hall–Kier alpha value is -0.500. The molecule has 1 atom stereocenters. The summed E-state index contributed by atoms with van der Waals surface area (Å²) in [6, 6.07) is 0. The minimum atomic E-state index is 0.0726. The molecule has 0 saturated heterocycles. The average molecular weight is 140 g/mol. The lowest BCUT2D eigenvalue weighted by atomic mass is 10.2. The lowest BCUT2D eigenvalue weighted by Crippen LogP contribution is -2.08. The number of aliphatic hydroxyl groups excluding tert-OH is 1. The fourth-order valence-electron chi connectivity index (χ4n) is 1.40. The zero-order valence-electron chi connectivity index (χ0n) is 5.92. The van der Waals surface area contributed by atoms with Crippen molar-refractivity contribution < 1.29 is 9.84 Å². The Kier molecular flexibility index (Phi) is 1.42. The van der Waals surface area contributed by atoms with Gasteiger partial charge in [-0.1, -0.05) is 0 Å². The number of aliphatic hydroxyl groups is 1. The standard InChI is InChI=1S/C8H12O2/c9-5-7-3-4-8(10-7)6-1-2-6/h3,6,8-9H,1-2,4-5H2. The van der Waals surface area contributed by atoms with Crippen molar-refractivity contribution in [2.45, 2.75) is 25.4 Å². The third-order valence-electron chi connectivity index (χ3n) is 2.18.